The Morgan fingerprint density at radius 1 is 0.724 bits per heavy atom. The van der Waals surface area contributed by atoms with Gasteiger partial charge in [-0.2, -0.15) is 0 Å². The van der Waals surface area contributed by atoms with Gasteiger partial charge in [-0.05, 0) is 65.5 Å². The quantitative estimate of drug-likeness (QED) is 0.481. The predicted octanol–water partition coefficient (Wildman–Crippen LogP) is 3.80. The minimum atomic E-state index is -0.279. The molecule has 0 aliphatic heterocycles. The van der Waals surface area contributed by atoms with E-state index in [2.05, 4.69) is 21.3 Å². The molecular formula is C21H18N4O2S2. The van der Waals surface area contributed by atoms with E-state index in [4.69, 9.17) is 24.4 Å². The highest BCUT2D eigenvalue weighted by atomic mass is 32.1. The standard InChI is InChI=1S/C21H18N4O2S2/c1-13(26)22-20(28)23-15-9-11-16(12-10-15)24-21(29)25-19(27)18-8-4-6-14-5-2-3-7-17(14)18/h2-12H,1H3,(H2,22,23,26,28)(H2,24,25,27,29). The summed E-state index contributed by atoms with van der Waals surface area (Å²) in [7, 11) is 0. The van der Waals surface area contributed by atoms with Crippen molar-refractivity contribution in [3.8, 4) is 0 Å². The molecule has 3 aromatic rings. The van der Waals surface area contributed by atoms with Gasteiger partial charge >= 0.3 is 0 Å². The number of benzene rings is 3. The molecule has 0 unspecified atom stereocenters. The van der Waals surface area contributed by atoms with Crippen molar-refractivity contribution < 1.29 is 9.59 Å². The van der Waals surface area contributed by atoms with E-state index in [1.165, 1.54) is 6.92 Å². The van der Waals surface area contributed by atoms with Crippen molar-refractivity contribution >= 4 is 68.6 Å². The fraction of sp³-hybridized carbons (Fsp3) is 0.0476. The minimum absolute atomic E-state index is 0.192. The maximum Gasteiger partial charge on any atom is 0.258 e. The predicted molar refractivity (Wildman–Crippen MR) is 124 cm³/mol. The maximum atomic E-state index is 12.6. The van der Waals surface area contributed by atoms with E-state index in [1.807, 2.05) is 36.4 Å². The number of anilines is 2. The summed E-state index contributed by atoms with van der Waals surface area (Å²) < 4.78 is 0. The van der Waals surface area contributed by atoms with Gasteiger partial charge in [0.25, 0.3) is 5.91 Å². The summed E-state index contributed by atoms with van der Waals surface area (Å²) in [5, 5.41) is 13.3. The lowest BCUT2D eigenvalue weighted by molar-refractivity contribution is -0.117. The van der Waals surface area contributed by atoms with Crippen molar-refractivity contribution in [3.63, 3.8) is 0 Å². The van der Waals surface area contributed by atoms with Gasteiger partial charge in [0.1, 0.15) is 0 Å². The maximum absolute atomic E-state index is 12.6. The Bertz CT molecular complexity index is 1090. The van der Waals surface area contributed by atoms with Gasteiger partial charge in [0, 0.05) is 23.9 Å². The highest BCUT2D eigenvalue weighted by Gasteiger charge is 2.11. The minimum Gasteiger partial charge on any atom is -0.332 e. The number of carbonyl (C=O) groups excluding carboxylic acids is 2. The van der Waals surface area contributed by atoms with Crippen LogP contribution in [0.15, 0.2) is 66.7 Å². The second kappa shape index (κ2) is 9.22. The summed E-state index contributed by atoms with van der Waals surface area (Å²) in [6.45, 7) is 1.38. The molecule has 4 N–H and O–H groups in total. The van der Waals surface area contributed by atoms with Crippen LogP contribution in [0, 0.1) is 0 Å². The molecule has 146 valence electrons. The van der Waals surface area contributed by atoms with Crippen LogP contribution < -0.4 is 21.3 Å². The van der Waals surface area contributed by atoms with E-state index >= 15 is 0 Å². The zero-order valence-corrected chi connectivity index (χ0v) is 17.1. The van der Waals surface area contributed by atoms with Crippen LogP contribution in [0.2, 0.25) is 0 Å². The molecule has 0 atom stereocenters. The normalized spacial score (nSPS) is 10.1. The molecule has 0 aliphatic carbocycles. The molecule has 6 nitrogen and oxygen atoms in total. The summed E-state index contributed by atoms with van der Waals surface area (Å²) in [4.78, 5) is 23.6. The molecule has 0 saturated heterocycles. The van der Waals surface area contributed by atoms with Crippen LogP contribution >= 0.6 is 24.4 Å². The van der Waals surface area contributed by atoms with Gasteiger partial charge in [0.05, 0.1) is 0 Å². The van der Waals surface area contributed by atoms with Crippen LogP contribution in [0.3, 0.4) is 0 Å². The molecule has 2 amide bonds. The molecule has 0 radical (unpaired) electrons. The Labute approximate surface area is 178 Å². The second-order valence-corrected chi connectivity index (χ2v) is 6.96. The van der Waals surface area contributed by atoms with E-state index in [-0.39, 0.29) is 22.0 Å². The molecule has 0 fully saturated rings. The zero-order valence-electron chi connectivity index (χ0n) is 15.5. The molecular weight excluding hydrogens is 404 g/mol. The molecule has 29 heavy (non-hydrogen) atoms. The molecule has 3 rings (SSSR count). The average molecular weight is 423 g/mol. The van der Waals surface area contributed by atoms with Crippen molar-refractivity contribution in [2.75, 3.05) is 10.6 Å². The number of fused-ring (bicyclic) bond motifs is 1. The van der Waals surface area contributed by atoms with Gasteiger partial charge in [-0.3, -0.25) is 14.9 Å². The van der Waals surface area contributed by atoms with Gasteiger partial charge in [0.15, 0.2) is 10.2 Å². The van der Waals surface area contributed by atoms with Gasteiger partial charge in [-0.25, -0.2) is 0 Å². The first-order chi connectivity index (χ1) is 13.9. The highest BCUT2D eigenvalue weighted by Crippen LogP contribution is 2.18. The molecule has 0 bridgehead atoms. The topological polar surface area (TPSA) is 82.3 Å². The monoisotopic (exact) mass is 422 g/mol. The Hall–Kier alpha value is -3.36. The van der Waals surface area contributed by atoms with Crippen molar-refractivity contribution in [3.05, 3.63) is 72.3 Å². The molecule has 0 aromatic heterocycles. The fourth-order valence-electron chi connectivity index (χ4n) is 2.72. The summed E-state index contributed by atoms with van der Waals surface area (Å²) >= 11 is 10.3. The van der Waals surface area contributed by atoms with Crippen LogP contribution in [0.5, 0.6) is 0 Å². The molecule has 0 saturated carbocycles. The van der Waals surface area contributed by atoms with Crippen LogP contribution in [0.1, 0.15) is 17.3 Å². The van der Waals surface area contributed by atoms with Crippen molar-refractivity contribution in [1.29, 1.82) is 0 Å². The van der Waals surface area contributed by atoms with Gasteiger partial charge in [-0.15, -0.1) is 0 Å². The summed E-state index contributed by atoms with van der Waals surface area (Å²) in [6, 6.07) is 20.3. The van der Waals surface area contributed by atoms with E-state index in [9.17, 15) is 9.59 Å². The zero-order chi connectivity index (χ0) is 20.8. The third-order valence-electron chi connectivity index (χ3n) is 3.95. The Kier molecular flexibility index (Phi) is 6.48. The summed E-state index contributed by atoms with van der Waals surface area (Å²) in [5.74, 6) is -0.522. The number of rotatable bonds is 3. The Morgan fingerprint density at radius 3 is 1.90 bits per heavy atom. The van der Waals surface area contributed by atoms with E-state index in [0.29, 0.717) is 16.9 Å². The molecule has 0 spiro atoms. The number of thiocarbonyl (C=S) groups is 2. The number of amides is 2. The third kappa shape index (κ3) is 5.56. The van der Waals surface area contributed by atoms with Crippen molar-refractivity contribution in [2.45, 2.75) is 6.92 Å². The van der Waals surface area contributed by atoms with Gasteiger partial charge in [0.2, 0.25) is 5.91 Å². The first-order valence-corrected chi connectivity index (χ1v) is 9.53. The Morgan fingerprint density at radius 2 is 1.28 bits per heavy atom. The largest absolute Gasteiger partial charge is 0.332 e. The van der Waals surface area contributed by atoms with E-state index in [0.717, 1.165) is 10.8 Å². The fourth-order valence-corrected chi connectivity index (χ4v) is 3.19. The first kappa shape index (κ1) is 20.4. The summed E-state index contributed by atoms with van der Waals surface area (Å²) in [5.41, 5.74) is 1.96. The molecule has 0 heterocycles. The van der Waals surface area contributed by atoms with Crippen molar-refractivity contribution in [2.24, 2.45) is 0 Å². The number of carbonyl (C=O) groups is 2. The number of hydrogen-bond acceptors (Lipinski definition) is 4. The molecule has 8 heteroatoms. The summed E-state index contributed by atoms with van der Waals surface area (Å²) in [6.07, 6.45) is 0. The second-order valence-electron chi connectivity index (χ2n) is 6.15. The van der Waals surface area contributed by atoms with Gasteiger partial charge < -0.3 is 16.0 Å². The van der Waals surface area contributed by atoms with E-state index < -0.39 is 0 Å². The molecule has 3 aromatic carbocycles. The van der Waals surface area contributed by atoms with Gasteiger partial charge in [-0.1, -0.05) is 36.4 Å². The van der Waals surface area contributed by atoms with E-state index in [1.54, 1.807) is 30.3 Å². The van der Waals surface area contributed by atoms with Crippen LogP contribution in [-0.4, -0.2) is 22.0 Å². The first-order valence-electron chi connectivity index (χ1n) is 8.71. The highest BCUT2D eigenvalue weighted by molar-refractivity contribution is 7.80. The lowest BCUT2D eigenvalue weighted by atomic mass is 10.0. The van der Waals surface area contributed by atoms with Crippen molar-refractivity contribution in [1.82, 2.24) is 10.6 Å². The van der Waals surface area contributed by atoms with Crippen LogP contribution in [0.4, 0.5) is 11.4 Å². The average Bonchev–Trinajstić information content (AvgIpc) is 2.68. The van der Waals surface area contributed by atoms with Crippen LogP contribution in [-0.2, 0) is 4.79 Å². The smallest absolute Gasteiger partial charge is 0.258 e. The number of hydrogen-bond donors (Lipinski definition) is 4. The number of nitrogens with one attached hydrogen (secondary N) is 4. The SMILES string of the molecule is CC(=O)NC(=S)Nc1ccc(NC(=S)NC(=O)c2cccc3ccccc23)cc1. The van der Waals surface area contributed by atoms with Crippen LogP contribution in [0.25, 0.3) is 10.8 Å². The molecule has 0 aliphatic rings. The third-order valence-corrected chi connectivity index (χ3v) is 4.36. The lowest BCUT2D eigenvalue weighted by Crippen LogP contribution is -2.34. The lowest BCUT2D eigenvalue weighted by Gasteiger charge is -2.12. The Balaban J connectivity index is 1.61.